The first kappa shape index (κ1) is 18.2. The molecule has 0 unspecified atom stereocenters. The van der Waals surface area contributed by atoms with Crippen molar-refractivity contribution < 1.29 is 4.79 Å². The van der Waals surface area contributed by atoms with Gasteiger partial charge in [0.2, 0.25) is 5.91 Å². The number of rotatable bonds is 6. The molecule has 1 saturated carbocycles. The van der Waals surface area contributed by atoms with Crippen molar-refractivity contribution in [3.05, 3.63) is 71.8 Å². The third-order valence-corrected chi connectivity index (χ3v) is 6.33. The van der Waals surface area contributed by atoms with Crippen molar-refractivity contribution in [2.24, 2.45) is 11.7 Å². The lowest BCUT2D eigenvalue weighted by molar-refractivity contribution is -0.125. The molecular weight excluding hydrogens is 334 g/mol. The third kappa shape index (κ3) is 3.78. The zero-order valence-corrected chi connectivity index (χ0v) is 15.8. The van der Waals surface area contributed by atoms with E-state index in [-0.39, 0.29) is 11.4 Å². The Morgan fingerprint density at radius 2 is 1.70 bits per heavy atom. The summed E-state index contributed by atoms with van der Waals surface area (Å²) in [6, 6.07) is 21.0. The number of benzene rings is 2. The van der Waals surface area contributed by atoms with Crippen LogP contribution in [0.15, 0.2) is 60.7 Å². The molecule has 0 aromatic heterocycles. The summed E-state index contributed by atoms with van der Waals surface area (Å²) < 4.78 is 0. The van der Waals surface area contributed by atoms with Crippen LogP contribution in [0.1, 0.15) is 36.3 Å². The van der Waals surface area contributed by atoms with Crippen molar-refractivity contribution in [2.75, 3.05) is 26.2 Å². The standard InChI is InChI=1S/C23H29N3O/c24-14-19-15-26(16-21(19)18-8-3-1-4-9-18)17-22(27)25-23(12-7-13-23)20-10-5-2-6-11-20/h1-6,8-11,19,21H,7,12-17,24H2,(H,25,27)/t19-,21+/m1/s1. The number of carbonyl (C=O) groups excluding carboxylic acids is 1. The van der Waals surface area contributed by atoms with E-state index in [0.29, 0.717) is 24.9 Å². The lowest BCUT2D eigenvalue weighted by atomic mass is 9.72. The molecule has 4 nitrogen and oxygen atoms in total. The molecular formula is C23H29N3O. The van der Waals surface area contributed by atoms with Crippen molar-refractivity contribution in [3.63, 3.8) is 0 Å². The van der Waals surface area contributed by atoms with Crippen LogP contribution in [0, 0.1) is 5.92 Å². The van der Waals surface area contributed by atoms with E-state index >= 15 is 0 Å². The second-order valence-electron chi connectivity index (χ2n) is 8.06. The van der Waals surface area contributed by atoms with E-state index in [1.807, 2.05) is 12.1 Å². The highest BCUT2D eigenvalue weighted by atomic mass is 16.2. The lowest BCUT2D eigenvalue weighted by Gasteiger charge is -2.43. The third-order valence-electron chi connectivity index (χ3n) is 6.33. The maximum atomic E-state index is 12.8. The predicted molar refractivity (Wildman–Crippen MR) is 108 cm³/mol. The number of hydrogen-bond donors (Lipinski definition) is 2. The zero-order valence-electron chi connectivity index (χ0n) is 15.8. The smallest absolute Gasteiger partial charge is 0.234 e. The molecule has 4 rings (SSSR count). The van der Waals surface area contributed by atoms with E-state index in [2.05, 4.69) is 58.7 Å². The number of hydrogen-bond acceptors (Lipinski definition) is 3. The van der Waals surface area contributed by atoms with Crippen molar-refractivity contribution >= 4 is 5.91 Å². The van der Waals surface area contributed by atoms with Crippen LogP contribution in [0.5, 0.6) is 0 Å². The molecule has 27 heavy (non-hydrogen) atoms. The number of nitrogens with two attached hydrogens (primary N) is 1. The lowest BCUT2D eigenvalue weighted by Crippen LogP contribution is -2.53. The molecule has 1 aliphatic heterocycles. The highest BCUT2D eigenvalue weighted by Gasteiger charge is 2.41. The van der Waals surface area contributed by atoms with Crippen LogP contribution in [-0.2, 0) is 10.3 Å². The summed E-state index contributed by atoms with van der Waals surface area (Å²) in [6.07, 6.45) is 3.23. The maximum Gasteiger partial charge on any atom is 0.234 e. The summed E-state index contributed by atoms with van der Waals surface area (Å²) in [5, 5.41) is 3.35. The van der Waals surface area contributed by atoms with E-state index in [1.54, 1.807) is 0 Å². The monoisotopic (exact) mass is 363 g/mol. The van der Waals surface area contributed by atoms with Crippen molar-refractivity contribution in [3.8, 4) is 0 Å². The molecule has 3 N–H and O–H groups in total. The first-order valence-electron chi connectivity index (χ1n) is 10.0. The fourth-order valence-electron chi connectivity index (χ4n) is 4.69. The number of nitrogens with one attached hydrogen (secondary N) is 1. The van der Waals surface area contributed by atoms with Crippen LogP contribution < -0.4 is 11.1 Å². The average molecular weight is 364 g/mol. The summed E-state index contributed by atoms with van der Waals surface area (Å²) in [4.78, 5) is 15.1. The average Bonchev–Trinajstić information content (AvgIpc) is 3.09. The van der Waals surface area contributed by atoms with Gasteiger partial charge in [0.1, 0.15) is 0 Å². The molecule has 142 valence electrons. The highest BCUT2D eigenvalue weighted by Crippen LogP contribution is 2.41. The fourth-order valence-corrected chi connectivity index (χ4v) is 4.69. The summed E-state index contributed by atoms with van der Waals surface area (Å²) in [5.41, 5.74) is 8.43. The second kappa shape index (κ2) is 7.83. The molecule has 2 fully saturated rings. The predicted octanol–water partition coefficient (Wildman–Crippen LogP) is 2.86. The molecule has 1 heterocycles. The number of carbonyl (C=O) groups is 1. The van der Waals surface area contributed by atoms with Gasteiger partial charge in [-0.25, -0.2) is 0 Å². The van der Waals surface area contributed by atoms with Gasteiger partial charge in [0.15, 0.2) is 0 Å². The van der Waals surface area contributed by atoms with E-state index in [1.165, 1.54) is 17.5 Å². The van der Waals surface area contributed by atoms with Gasteiger partial charge in [-0.1, -0.05) is 60.7 Å². The quantitative estimate of drug-likeness (QED) is 0.830. The number of amides is 1. The summed E-state index contributed by atoms with van der Waals surface area (Å²) in [7, 11) is 0. The molecule has 2 aromatic rings. The van der Waals surface area contributed by atoms with Gasteiger partial charge in [-0.15, -0.1) is 0 Å². The van der Waals surface area contributed by atoms with Crippen LogP contribution in [0.2, 0.25) is 0 Å². The Morgan fingerprint density at radius 3 is 2.30 bits per heavy atom. The molecule has 0 spiro atoms. The first-order valence-corrected chi connectivity index (χ1v) is 10.0. The second-order valence-corrected chi connectivity index (χ2v) is 8.06. The Kier molecular flexibility index (Phi) is 5.28. The van der Waals surface area contributed by atoms with Gasteiger partial charge in [-0.05, 0) is 42.9 Å². The molecule has 0 bridgehead atoms. The highest BCUT2D eigenvalue weighted by molar-refractivity contribution is 5.79. The Hall–Kier alpha value is -2.17. The van der Waals surface area contributed by atoms with E-state index in [9.17, 15) is 4.79 Å². The van der Waals surface area contributed by atoms with Gasteiger partial charge >= 0.3 is 0 Å². The summed E-state index contributed by atoms with van der Waals surface area (Å²) >= 11 is 0. The molecule has 1 saturated heterocycles. The minimum atomic E-state index is -0.163. The molecule has 2 aromatic carbocycles. The largest absolute Gasteiger partial charge is 0.345 e. The van der Waals surface area contributed by atoms with Gasteiger partial charge in [0.05, 0.1) is 12.1 Å². The molecule has 0 radical (unpaired) electrons. The SMILES string of the molecule is NC[C@@H]1CN(CC(=O)NC2(c3ccccc3)CCC2)C[C@H]1c1ccccc1. The van der Waals surface area contributed by atoms with E-state index < -0.39 is 0 Å². The molecule has 4 heteroatoms. The summed E-state index contributed by atoms with van der Waals surface area (Å²) in [5.74, 6) is 0.950. The van der Waals surface area contributed by atoms with E-state index in [0.717, 1.165) is 25.9 Å². The van der Waals surface area contributed by atoms with Crippen molar-refractivity contribution in [1.29, 1.82) is 0 Å². The van der Waals surface area contributed by atoms with Crippen LogP contribution >= 0.6 is 0 Å². The van der Waals surface area contributed by atoms with Crippen LogP contribution in [0.4, 0.5) is 0 Å². The van der Waals surface area contributed by atoms with Gasteiger partial charge in [0.25, 0.3) is 0 Å². The molecule has 1 aliphatic carbocycles. The first-order chi connectivity index (χ1) is 13.2. The fraction of sp³-hybridized carbons (Fsp3) is 0.435. The van der Waals surface area contributed by atoms with E-state index in [4.69, 9.17) is 5.73 Å². The van der Waals surface area contributed by atoms with Gasteiger partial charge < -0.3 is 11.1 Å². The molecule has 2 atom stereocenters. The van der Waals surface area contributed by atoms with Crippen molar-refractivity contribution in [1.82, 2.24) is 10.2 Å². The summed E-state index contributed by atoms with van der Waals surface area (Å²) in [6.45, 7) is 2.90. The normalized spacial score (nSPS) is 24.3. The van der Waals surface area contributed by atoms with Crippen LogP contribution in [0.25, 0.3) is 0 Å². The number of nitrogens with zero attached hydrogens (tertiary/aromatic N) is 1. The van der Waals surface area contributed by atoms with Crippen LogP contribution in [-0.4, -0.2) is 37.0 Å². The maximum absolute atomic E-state index is 12.8. The topological polar surface area (TPSA) is 58.4 Å². The van der Waals surface area contributed by atoms with Crippen molar-refractivity contribution in [2.45, 2.75) is 30.7 Å². The minimum Gasteiger partial charge on any atom is -0.345 e. The Labute approximate surface area is 161 Å². The van der Waals surface area contributed by atoms with Gasteiger partial charge in [0, 0.05) is 19.0 Å². The van der Waals surface area contributed by atoms with Gasteiger partial charge in [-0.3, -0.25) is 9.69 Å². The molecule has 2 aliphatic rings. The van der Waals surface area contributed by atoms with Gasteiger partial charge in [-0.2, -0.15) is 0 Å². The Bertz CT molecular complexity index is 758. The molecule has 1 amide bonds. The zero-order chi connectivity index (χ0) is 18.7. The Balaban J connectivity index is 1.40. The Morgan fingerprint density at radius 1 is 1.04 bits per heavy atom. The van der Waals surface area contributed by atoms with Crippen LogP contribution in [0.3, 0.4) is 0 Å². The number of likely N-dealkylation sites (tertiary alicyclic amines) is 1. The minimum absolute atomic E-state index is 0.128.